The lowest BCUT2D eigenvalue weighted by Crippen LogP contribution is -2.37. The van der Waals surface area contributed by atoms with Crippen molar-refractivity contribution in [2.75, 3.05) is 47.5 Å². The fourth-order valence-electron chi connectivity index (χ4n) is 10.1. The van der Waals surface area contributed by atoms with Crippen LogP contribution in [0.2, 0.25) is 0 Å². The molecule has 0 spiro atoms. The molecule has 0 aromatic carbocycles. The Morgan fingerprint density at radius 1 is 0.372 bits per heavy atom. The number of phosphoric ester groups is 1. The first-order chi connectivity index (χ1) is 42.0. The fourth-order valence-corrected chi connectivity index (χ4v) is 10.9. The lowest BCUT2D eigenvalue weighted by Gasteiger charge is -2.24. The molecule has 0 fully saturated rings. The summed E-state index contributed by atoms with van der Waals surface area (Å²) in [5, 5.41) is 0. The predicted octanol–water partition coefficient (Wildman–Crippen LogP) is 23.5. The van der Waals surface area contributed by atoms with Crippen molar-refractivity contribution in [3.8, 4) is 0 Å². The van der Waals surface area contributed by atoms with Crippen LogP contribution in [0.1, 0.15) is 322 Å². The second-order valence-corrected chi connectivity index (χ2v) is 26.7. The number of ether oxygens (including phenoxy) is 2. The van der Waals surface area contributed by atoms with E-state index in [1.807, 2.05) is 21.1 Å². The number of nitrogens with zero attached hydrogens (tertiary/aromatic N) is 1. The number of hydrogen-bond acceptors (Lipinski definition) is 7. The van der Waals surface area contributed by atoms with Crippen LogP contribution in [0.5, 0.6) is 0 Å². The van der Waals surface area contributed by atoms with Crippen LogP contribution < -0.4 is 0 Å². The topological polar surface area (TPSA) is 108 Å². The molecule has 0 saturated carbocycles. The molecule has 0 radical (unpaired) electrons. The molecule has 0 saturated heterocycles. The van der Waals surface area contributed by atoms with E-state index in [1.54, 1.807) is 0 Å². The Morgan fingerprint density at radius 2 is 0.663 bits per heavy atom. The third-order valence-corrected chi connectivity index (χ3v) is 16.6. The van der Waals surface area contributed by atoms with Crippen LogP contribution >= 0.6 is 7.82 Å². The Labute approximate surface area is 532 Å². The van der Waals surface area contributed by atoms with E-state index < -0.39 is 26.5 Å². The first-order valence-electron chi connectivity index (χ1n) is 36.0. The van der Waals surface area contributed by atoms with Crippen LogP contribution in [-0.4, -0.2) is 74.9 Å². The normalized spacial score (nSPS) is 13.7. The quantitative estimate of drug-likeness (QED) is 0.0211. The monoisotopic (exact) mass is 1220 g/mol. The molecule has 498 valence electrons. The number of rotatable bonds is 66. The molecule has 9 nitrogen and oxygen atoms in total. The standard InChI is InChI=1S/C76H136NO8P/c1-6-8-10-12-14-16-18-20-22-24-26-28-30-31-32-33-34-35-36-37-38-39-40-41-42-43-44-45-47-49-51-53-55-57-59-61-63-65-67-69-76(79)85-74(73-84-86(80,81)83-71-70-77(3,4)5)72-82-75(78)68-66-64-62-60-58-56-54-52-50-48-46-29-27-25-23-21-19-17-15-13-11-9-7-2/h8,10,14,16,20,22,25-28,31-32,34-35,37-38,74H,6-7,9,11-13,15,17-19,21,23-24,29-30,33,36,39-73H2,1-5H3/p+1/b10-8-,16-14-,22-20-,27-25-,28-26-,32-31-,35-34-,38-37-. The average molecular weight is 1220 g/mol. The van der Waals surface area contributed by atoms with E-state index in [1.165, 1.54) is 212 Å². The van der Waals surface area contributed by atoms with E-state index in [4.69, 9.17) is 18.5 Å². The maximum Gasteiger partial charge on any atom is 0.472 e. The minimum atomic E-state index is -4.39. The number of likely N-dealkylation sites (N-methyl/N-ethyl adjacent to an activating group) is 1. The molecule has 0 aliphatic carbocycles. The number of allylic oxidation sites excluding steroid dienone is 16. The Balaban J connectivity index is 4.00. The molecule has 0 rings (SSSR count). The first-order valence-corrected chi connectivity index (χ1v) is 37.5. The van der Waals surface area contributed by atoms with Gasteiger partial charge in [0, 0.05) is 12.8 Å². The molecule has 0 heterocycles. The van der Waals surface area contributed by atoms with Crippen LogP contribution in [0.3, 0.4) is 0 Å². The van der Waals surface area contributed by atoms with E-state index in [9.17, 15) is 19.0 Å². The Bertz CT molecular complexity index is 1770. The molecule has 0 aliphatic rings. The number of quaternary nitrogens is 1. The molecule has 0 aliphatic heterocycles. The Hall–Kier alpha value is -3.07. The highest BCUT2D eigenvalue weighted by Crippen LogP contribution is 2.43. The maximum absolute atomic E-state index is 12.9. The lowest BCUT2D eigenvalue weighted by atomic mass is 10.0. The van der Waals surface area contributed by atoms with E-state index >= 15 is 0 Å². The number of phosphoric acid groups is 1. The summed E-state index contributed by atoms with van der Waals surface area (Å²) in [6.45, 7) is 4.36. The van der Waals surface area contributed by atoms with Crippen LogP contribution in [0.25, 0.3) is 0 Å². The Morgan fingerprint density at radius 3 is 1.00 bits per heavy atom. The number of carbonyl (C=O) groups excluding carboxylic acids is 2. The summed E-state index contributed by atoms with van der Waals surface area (Å²) in [5.74, 6) is -0.787. The van der Waals surface area contributed by atoms with Gasteiger partial charge in [0.2, 0.25) is 0 Å². The van der Waals surface area contributed by atoms with Crippen molar-refractivity contribution in [3.05, 3.63) is 97.2 Å². The molecule has 2 unspecified atom stereocenters. The average Bonchev–Trinajstić information content (AvgIpc) is 3.56. The SMILES string of the molecule is CC/C=C\C/C=C\C/C=C\C/C=C\C/C=C\C/C=C\C/C=C\CCCCCCCCCCCCCCCCCCCC(=O)OC(COC(=O)CCCCCCCCCCCCC/C=C\CCCCCCCCCC)COP(=O)(O)OCC[N+](C)(C)C. The van der Waals surface area contributed by atoms with Crippen LogP contribution in [0.15, 0.2) is 97.2 Å². The minimum Gasteiger partial charge on any atom is -0.462 e. The van der Waals surface area contributed by atoms with Crippen LogP contribution in [-0.2, 0) is 32.7 Å². The second kappa shape index (κ2) is 66.4. The highest BCUT2D eigenvalue weighted by Gasteiger charge is 2.27. The van der Waals surface area contributed by atoms with Gasteiger partial charge in [-0.25, -0.2) is 4.57 Å². The molecule has 0 amide bonds. The highest BCUT2D eigenvalue weighted by molar-refractivity contribution is 7.47. The van der Waals surface area contributed by atoms with Crippen molar-refractivity contribution < 1.29 is 42.1 Å². The van der Waals surface area contributed by atoms with Gasteiger partial charge >= 0.3 is 19.8 Å². The fraction of sp³-hybridized carbons (Fsp3) is 0.763. The van der Waals surface area contributed by atoms with Gasteiger partial charge in [-0.3, -0.25) is 18.6 Å². The van der Waals surface area contributed by atoms with Crippen molar-refractivity contribution in [3.63, 3.8) is 0 Å². The zero-order valence-corrected chi connectivity index (χ0v) is 57.7. The number of carbonyl (C=O) groups is 2. The molecule has 10 heteroatoms. The van der Waals surface area contributed by atoms with E-state index in [0.29, 0.717) is 17.4 Å². The number of unbranched alkanes of at least 4 members (excludes halogenated alkanes) is 36. The van der Waals surface area contributed by atoms with Crippen LogP contribution in [0, 0.1) is 0 Å². The summed E-state index contributed by atoms with van der Waals surface area (Å²) in [6, 6.07) is 0. The van der Waals surface area contributed by atoms with Gasteiger partial charge in [-0.2, -0.15) is 0 Å². The molecule has 86 heavy (non-hydrogen) atoms. The summed E-state index contributed by atoms with van der Waals surface area (Å²) in [5.41, 5.74) is 0. The summed E-state index contributed by atoms with van der Waals surface area (Å²) in [4.78, 5) is 35.9. The zero-order chi connectivity index (χ0) is 62.6. The molecule has 0 aromatic heterocycles. The van der Waals surface area contributed by atoms with Gasteiger partial charge in [-0.1, -0.05) is 310 Å². The van der Waals surface area contributed by atoms with Gasteiger partial charge in [0.05, 0.1) is 27.7 Å². The molecule has 2 atom stereocenters. The Kier molecular flexibility index (Phi) is 64.0. The lowest BCUT2D eigenvalue weighted by molar-refractivity contribution is -0.870. The minimum absolute atomic E-state index is 0.0306. The zero-order valence-electron chi connectivity index (χ0n) is 56.8. The van der Waals surface area contributed by atoms with E-state index in [0.717, 1.165) is 77.0 Å². The molecular formula is C76H137NO8P+. The summed E-state index contributed by atoms with van der Waals surface area (Å²) in [6.07, 6.45) is 92.3. The predicted molar refractivity (Wildman–Crippen MR) is 372 cm³/mol. The van der Waals surface area contributed by atoms with Crippen molar-refractivity contribution >= 4 is 19.8 Å². The van der Waals surface area contributed by atoms with Crippen molar-refractivity contribution in [1.82, 2.24) is 0 Å². The van der Waals surface area contributed by atoms with Crippen molar-refractivity contribution in [2.24, 2.45) is 0 Å². The van der Waals surface area contributed by atoms with E-state index in [-0.39, 0.29) is 32.0 Å². The van der Waals surface area contributed by atoms with E-state index in [2.05, 4.69) is 111 Å². The first kappa shape index (κ1) is 82.9. The third kappa shape index (κ3) is 70.0. The number of esters is 2. The van der Waals surface area contributed by atoms with Gasteiger partial charge in [0.25, 0.3) is 0 Å². The second-order valence-electron chi connectivity index (χ2n) is 25.2. The smallest absolute Gasteiger partial charge is 0.462 e. The summed E-state index contributed by atoms with van der Waals surface area (Å²) >= 11 is 0. The molecule has 0 aromatic rings. The van der Waals surface area contributed by atoms with Crippen molar-refractivity contribution in [1.29, 1.82) is 0 Å². The van der Waals surface area contributed by atoms with Crippen molar-refractivity contribution in [2.45, 2.75) is 328 Å². The molecular weight excluding hydrogens is 1090 g/mol. The highest BCUT2D eigenvalue weighted by atomic mass is 31.2. The molecule has 1 N–H and O–H groups in total. The van der Waals surface area contributed by atoms with Gasteiger partial charge in [0.15, 0.2) is 6.10 Å². The summed E-state index contributed by atoms with van der Waals surface area (Å²) < 4.78 is 34.7. The largest absolute Gasteiger partial charge is 0.472 e. The summed E-state index contributed by atoms with van der Waals surface area (Å²) in [7, 11) is 1.48. The van der Waals surface area contributed by atoms with Crippen LogP contribution in [0.4, 0.5) is 0 Å². The van der Waals surface area contributed by atoms with Gasteiger partial charge in [-0.05, 0) is 96.3 Å². The third-order valence-electron chi connectivity index (χ3n) is 15.6. The number of hydrogen-bond donors (Lipinski definition) is 1. The van der Waals surface area contributed by atoms with Gasteiger partial charge < -0.3 is 18.9 Å². The van der Waals surface area contributed by atoms with Gasteiger partial charge in [-0.15, -0.1) is 0 Å². The maximum atomic E-state index is 12.9. The van der Waals surface area contributed by atoms with Gasteiger partial charge in [0.1, 0.15) is 19.8 Å². The molecule has 0 bridgehead atoms.